The van der Waals surface area contributed by atoms with Crippen molar-refractivity contribution in [2.45, 2.75) is 6.54 Å². The molecule has 0 aliphatic heterocycles. The Morgan fingerprint density at radius 3 is 2.79 bits per heavy atom. The second-order valence-corrected chi connectivity index (χ2v) is 5.22. The minimum Gasteiger partial charge on any atom is -0.481 e. The van der Waals surface area contributed by atoms with Gasteiger partial charge in [0.05, 0.1) is 37.5 Å². The van der Waals surface area contributed by atoms with Crippen molar-refractivity contribution in [1.29, 1.82) is 0 Å². The summed E-state index contributed by atoms with van der Waals surface area (Å²) >= 11 is 0. The van der Waals surface area contributed by atoms with Crippen LogP contribution in [0.15, 0.2) is 41.6 Å². The number of rotatable bonds is 5. The molecule has 0 aliphatic rings. The van der Waals surface area contributed by atoms with E-state index < -0.39 is 0 Å². The van der Waals surface area contributed by atoms with Crippen LogP contribution < -0.4 is 16.0 Å². The number of nitrogen functional groups attached to an aromatic ring is 1. The summed E-state index contributed by atoms with van der Waals surface area (Å²) in [5, 5.41) is 0.444. The van der Waals surface area contributed by atoms with Gasteiger partial charge in [0.1, 0.15) is 0 Å². The first-order valence-electron chi connectivity index (χ1n) is 7.43. The van der Waals surface area contributed by atoms with E-state index in [1.165, 1.54) is 18.0 Å². The number of hydrogen-bond donors (Lipinski definition) is 1. The predicted molar refractivity (Wildman–Crippen MR) is 92.1 cm³/mol. The summed E-state index contributed by atoms with van der Waals surface area (Å²) in [5.74, 6) is 0.406. The molecular weight excluding hydrogens is 308 g/mol. The Kier molecular flexibility index (Phi) is 4.43. The number of fused-ring (bicyclic) bond motifs is 1. The van der Waals surface area contributed by atoms with Crippen LogP contribution in [0.2, 0.25) is 0 Å². The molecule has 3 rings (SSSR count). The van der Waals surface area contributed by atoms with Gasteiger partial charge in [-0.25, -0.2) is 9.97 Å². The molecule has 7 heteroatoms. The molecule has 7 nitrogen and oxygen atoms in total. The maximum atomic E-state index is 12.9. The van der Waals surface area contributed by atoms with Crippen molar-refractivity contribution in [1.82, 2.24) is 14.5 Å². The lowest BCUT2D eigenvalue weighted by Crippen LogP contribution is -2.23. The van der Waals surface area contributed by atoms with Crippen molar-refractivity contribution in [2.24, 2.45) is 0 Å². The Labute approximate surface area is 138 Å². The lowest BCUT2D eigenvalue weighted by Gasteiger charge is -2.13. The topological polar surface area (TPSA) is 92.3 Å². The second-order valence-electron chi connectivity index (χ2n) is 5.22. The molecule has 0 saturated carbocycles. The van der Waals surface area contributed by atoms with Gasteiger partial charge in [0, 0.05) is 30.1 Å². The molecule has 2 N–H and O–H groups in total. The zero-order valence-electron chi connectivity index (χ0n) is 13.5. The lowest BCUT2D eigenvalue weighted by atomic mass is 10.00. The van der Waals surface area contributed by atoms with Crippen molar-refractivity contribution in [3.8, 4) is 17.0 Å². The third-order valence-electron chi connectivity index (χ3n) is 3.80. The Morgan fingerprint density at radius 2 is 2.04 bits per heavy atom. The maximum absolute atomic E-state index is 12.9. The highest BCUT2D eigenvalue weighted by Crippen LogP contribution is 2.35. The zero-order chi connectivity index (χ0) is 17.1. The lowest BCUT2D eigenvalue weighted by molar-refractivity contribution is 0.186. The summed E-state index contributed by atoms with van der Waals surface area (Å²) in [6.07, 6.45) is 3.14. The molecule has 0 bridgehead atoms. The molecule has 2 aromatic heterocycles. The van der Waals surface area contributed by atoms with Crippen molar-refractivity contribution < 1.29 is 9.47 Å². The molecular formula is C17H18N4O3. The molecule has 0 radical (unpaired) electrons. The molecule has 1 aromatic carbocycles. The molecule has 0 saturated heterocycles. The first-order chi connectivity index (χ1) is 11.7. The third kappa shape index (κ3) is 2.69. The molecule has 0 fully saturated rings. The van der Waals surface area contributed by atoms with Gasteiger partial charge in [-0.15, -0.1) is 0 Å². The molecule has 0 atom stereocenters. The highest BCUT2D eigenvalue weighted by Gasteiger charge is 2.17. The standard InChI is InChI=1S/C17H18N4O3/c1-23-9-8-21-10-20-13-6-5-12(18)14(15(13)17(21)22)11-4-3-7-19-16(11)24-2/h3-7,10H,8-9,18H2,1-2H3. The van der Waals surface area contributed by atoms with E-state index in [0.29, 0.717) is 46.7 Å². The van der Waals surface area contributed by atoms with Gasteiger partial charge in [-0.05, 0) is 24.3 Å². The molecule has 3 aromatic rings. The van der Waals surface area contributed by atoms with Gasteiger partial charge in [-0.1, -0.05) is 0 Å². The second kappa shape index (κ2) is 6.67. The van der Waals surface area contributed by atoms with Crippen LogP contribution in [0.25, 0.3) is 22.0 Å². The highest BCUT2D eigenvalue weighted by molar-refractivity contribution is 6.01. The van der Waals surface area contributed by atoms with Crippen LogP contribution in [0.4, 0.5) is 5.69 Å². The molecule has 2 heterocycles. The quantitative estimate of drug-likeness (QED) is 0.717. The van der Waals surface area contributed by atoms with Gasteiger partial charge < -0.3 is 15.2 Å². The fourth-order valence-electron chi connectivity index (χ4n) is 2.64. The van der Waals surface area contributed by atoms with E-state index in [1.54, 1.807) is 31.5 Å². The van der Waals surface area contributed by atoms with Crippen LogP contribution >= 0.6 is 0 Å². The third-order valence-corrected chi connectivity index (χ3v) is 3.80. The largest absolute Gasteiger partial charge is 0.481 e. The summed E-state index contributed by atoms with van der Waals surface area (Å²) in [6.45, 7) is 0.831. The summed E-state index contributed by atoms with van der Waals surface area (Å²) in [6, 6.07) is 7.06. The number of nitrogens with two attached hydrogens (primary N) is 1. The molecule has 124 valence electrons. The van der Waals surface area contributed by atoms with Crippen LogP contribution in [-0.2, 0) is 11.3 Å². The van der Waals surface area contributed by atoms with Crippen molar-refractivity contribution in [3.63, 3.8) is 0 Å². The summed E-state index contributed by atoms with van der Waals surface area (Å²) < 4.78 is 11.9. The zero-order valence-corrected chi connectivity index (χ0v) is 13.5. The Morgan fingerprint density at radius 1 is 1.21 bits per heavy atom. The minimum atomic E-state index is -0.176. The van der Waals surface area contributed by atoms with Crippen LogP contribution in [-0.4, -0.2) is 35.4 Å². The molecule has 0 aliphatic carbocycles. The number of ether oxygens (including phenoxy) is 2. The number of benzene rings is 1. The average molecular weight is 326 g/mol. The number of anilines is 1. The normalized spacial score (nSPS) is 10.9. The first kappa shape index (κ1) is 15.9. The summed E-state index contributed by atoms with van der Waals surface area (Å²) in [4.78, 5) is 21.5. The highest BCUT2D eigenvalue weighted by atomic mass is 16.5. The van der Waals surface area contributed by atoms with Crippen LogP contribution in [0.3, 0.4) is 0 Å². The van der Waals surface area contributed by atoms with E-state index >= 15 is 0 Å². The minimum absolute atomic E-state index is 0.176. The monoisotopic (exact) mass is 326 g/mol. The smallest absolute Gasteiger partial charge is 0.261 e. The van der Waals surface area contributed by atoms with E-state index in [0.717, 1.165) is 0 Å². The van der Waals surface area contributed by atoms with Gasteiger partial charge in [0.15, 0.2) is 0 Å². The van der Waals surface area contributed by atoms with E-state index in [9.17, 15) is 4.79 Å². The van der Waals surface area contributed by atoms with Gasteiger partial charge in [-0.2, -0.15) is 0 Å². The van der Waals surface area contributed by atoms with Crippen molar-refractivity contribution in [2.75, 3.05) is 26.6 Å². The van der Waals surface area contributed by atoms with Crippen LogP contribution in [0, 0.1) is 0 Å². The van der Waals surface area contributed by atoms with Crippen LogP contribution in [0.5, 0.6) is 5.88 Å². The van der Waals surface area contributed by atoms with Gasteiger partial charge >= 0.3 is 0 Å². The first-order valence-corrected chi connectivity index (χ1v) is 7.43. The molecule has 0 amide bonds. The summed E-state index contributed by atoms with van der Waals surface area (Å²) in [5.41, 5.74) is 8.29. The number of nitrogens with zero attached hydrogens (tertiary/aromatic N) is 3. The number of hydrogen-bond acceptors (Lipinski definition) is 6. The fraction of sp³-hybridized carbons (Fsp3) is 0.235. The molecule has 0 unspecified atom stereocenters. The molecule has 0 spiro atoms. The van der Waals surface area contributed by atoms with Crippen LogP contribution in [0.1, 0.15) is 0 Å². The molecule has 24 heavy (non-hydrogen) atoms. The van der Waals surface area contributed by atoms with E-state index in [4.69, 9.17) is 15.2 Å². The van der Waals surface area contributed by atoms with Gasteiger partial charge in [-0.3, -0.25) is 9.36 Å². The number of aromatic nitrogens is 3. The predicted octanol–water partition coefficient (Wildman–Crippen LogP) is 1.70. The number of pyridine rings is 1. The SMILES string of the molecule is COCCn1cnc2ccc(N)c(-c3cccnc3OC)c2c1=O. The van der Waals surface area contributed by atoms with Gasteiger partial charge in [0.2, 0.25) is 5.88 Å². The summed E-state index contributed by atoms with van der Waals surface area (Å²) in [7, 11) is 3.12. The van der Waals surface area contributed by atoms with E-state index in [-0.39, 0.29) is 5.56 Å². The van der Waals surface area contributed by atoms with Crippen molar-refractivity contribution >= 4 is 16.6 Å². The Bertz CT molecular complexity index is 937. The average Bonchev–Trinajstić information content (AvgIpc) is 2.61. The fourth-order valence-corrected chi connectivity index (χ4v) is 2.64. The Balaban J connectivity index is 2.34. The van der Waals surface area contributed by atoms with E-state index in [2.05, 4.69) is 9.97 Å². The maximum Gasteiger partial charge on any atom is 0.261 e. The van der Waals surface area contributed by atoms with E-state index in [1.807, 2.05) is 6.07 Å². The van der Waals surface area contributed by atoms with Crippen molar-refractivity contribution in [3.05, 3.63) is 47.1 Å². The Hall–Kier alpha value is -2.93. The van der Waals surface area contributed by atoms with Gasteiger partial charge in [0.25, 0.3) is 5.56 Å². The number of methoxy groups -OCH3 is 2.